The zero-order valence-corrected chi connectivity index (χ0v) is 9.05. The highest BCUT2D eigenvalue weighted by Crippen LogP contribution is 2.16. The third-order valence-electron chi connectivity index (χ3n) is 1.92. The van der Waals surface area contributed by atoms with Crippen molar-refractivity contribution in [2.75, 3.05) is 13.2 Å². The first-order valence-corrected chi connectivity index (χ1v) is 4.88. The Balaban J connectivity index is 2.90. The zero-order valence-electron chi connectivity index (χ0n) is 9.05. The summed E-state index contributed by atoms with van der Waals surface area (Å²) in [7, 11) is 0. The van der Waals surface area contributed by atoms with Gasteiger partial charge in [-0.05, 0) is 19.1 Å². The van der Waals surface area contributed by atoms with Crippen molar-refractivity contribution in [2.24, 2.45) is 10.9 Å². The van der Waals surface area contributed by atoms with Crippen LogP contribution in [0.1, 0.15) is 17.7 Å². The van der Waals surface area contributed by atoms with Crippen LogP contribution in [0.3, 0.4) is 0 Å². The van der Waals surface area contributed by atoms with Crippen molar-refractivity contribution in [3.8, 4) is 5.88 Å². The highest BCUT2D eigenvalue weighted by molar-refractivity contribution is 5.99. The highest BCUT2D eigenvalue weighted by atomic mass is 16.5. The van der Waals surface area contributed by atoms with Crippen LogP contribution in [-0.4, -0.2) is 34.3 Å². The lowest BCUT2D eigenvalue weighted by molar-refractivity contribution is 0.228. The molecule has 88 valence electrons. The van der Waals surface area contributed by atoms with Crippen molar-refractivity contribution in [2.45, 2.75) is 13.3 Å². The van der Waals surface area contributed by atoms with Crippen molar-refractivity contribution < 1.29 is 15.1 Å². The molecular weight excluding hydrogens is 210 g/mol. The number of ether oxygens (including phenoxy) is 1. The zero-order chi connectivity index (χ0) is 12.0. The van der Waals surface area contributed by atoms with E-state index in [1.54, 1.807) is 12.1 Å². The molecule has 0 amide bonds. The number of nitrogens with two attached hydrogens (primary N) is 1. The minimum Gasteiger partial charge on any atom is -0.477 e. The van der Waals surface area contributed by atoms with E-state index in [0.29, 0.717) is 24.5 Å². The smallest absolute Gasteiger partial charge is 0.224 e. The second-order valence-corrected chi connectivity index (χ2v) is 3.22. The van der Waals surface area contributed by atoms with Crippen molar-refractivity contribution in [1.82, 2.24) is 4.98 Å². The number of hydrogen-bond donors (Lipinski definition) is 3. The molecule has 0 unspecified atom stereocenters. The van der Waals surface area contributed by atoms with Gasteiger partial charge in [0.25, 0.3) is 0 Å². The minimum atomic E-state index is -0.0495. The number of aryl methyl sites for hydroxylation is 1. The van der Waals surface area contributed by atoms with Crippen LogP contribution in [0, 0.1) is 6.92 Å². The summed E-state index contributed by atoms with van der Waals surface area (Å²) in [6.45, 7) is 2.19. The van der Waals surface area contributed by atoms with Crippen LogP contribution in [0.25, 0.3) is 0 Å². The third-order valence-corrected chi connectivity index (χ3v) is 1.92. The second-order valence-electron chi connectivity index (χ2n) is 3.22. The van der Waals surface area contributed by atoms with Gasteiger partial charge in [0.2, 0.25) is 5.88 Å². The fourth-order valence-corrected chi connectivity index (χ4v) is 1.13. The van der Waals surface area contributed by atoms with Gasteiger partial charge in [-0.3, -0.25) is 0 Å². The predicted octanol–water partition coefficient (Wildman–Crippen LogP) is 0.246. The van der Waals surface area contributed by atoms with Crippen molar-refractivity contribution in [3.63, 3.8) is 0 Å². The van der Waals surface area contributed by atoms with Gasteiger partial charge in [-0.2, -0.15) is 0 Å². The van der Waals surface area contributed by atoms with Crippen LogP contribution >= 0.6 is 0 Å². The fourth-order valence-electron chi connectivity index (χ4n) is 1.13. The largest absolute Gasteiger partial charge is 0.477 e. The van der Waals surface area contributed by atoms with Crippen LogP contribution in [0.2, 0.25) is 0 Å². The quantitative estimate of drug-likeness (QED) is 0.219. The number of aliphatic hydroxyl groups excluding tert-OH is 1. The maximum absolute atomic E-state index is 8.63. The Kier molecular flexibility index (Phi) is 4.53. The number of aliphatic hydroxyl groups is 1. The molecule has 0 bridgehead atoms. The monoisotopic (exact) mass is 225 g/mol. The molecule has 0 aliphatic carbocycles. The molecule has 0 aromatic carbocycles. The van der Waals surface area contributed by atoms with E-state index < -0.39 is 0 Å². The summed E-state index contributed by atoms with van der Waals surface area (Å²) in [6, 6.07) is 3.41. The Morgan fingerprint density at radius 1 is 1.56 bits per heavy atom. The van der Waals surface area contributed by atoms with Crippen LogP contribution in [0.5, 0.6) is 5.88 Å². The molecule has 0 saturated carbocycles. The van der Waals surface area contributed by atoms with E-state index in [0.717, 1.165) is 5.69 Å². The number of hydrogen-bond acceptors (Lipinski definition) is 5. The van der Waals surface area contributed by atoms with Crippen molar-refractivity contribution >= 4 is 5.84 Å². The molecule has 0 atom stereocenters. The van der Waals surface area contributed by atoms with E-state index in [2.05, 4.69) is 10.1 Å². The Hall–Kier alpha value is -1.82. The lowest BCUT2D eigenvalue weighted by Gasteiger charge is -2.09. The van der Waals surface area contributed by atoms with Gasteiger partial charge < -0.3 is 20.8 Å². The summed E-state index contributed by atoms with van der Waals surface area (Å²) < 4.78 is 5.34. The van der Waals surface area contributed by atoms with Crippen LogP contribution in [0.15, 0.2) is 17.3 Å². The molecular formula is C10H15N3O3. The third kappa shape index (κ3) is 3.09. The topological polar surface area (TPSA) is 101 Å². The number of pyridine rings is 1. The van der Waals surface area contributed by atoms with E-state index in [9.17, 15) is 0 Å². The molecule has 4 N–H and O–H groups in total. The molecule has 1 heterocycles. The molecule has 0 saturated heterocycles. The summed E-state index contributed by atoms with van der Waals surface area (Å²) in [5.41, 5.74) is 6.69. The first-order chi connectivity index (χ1) is 7.69. The van der Waals surface area contributed by atoms with Gasteiger partial charge in [0.1, 0.15) is 0 Å². The lowest BCUT2D eigenvalue weighted by atomic mass is 10.2. The van der Waals surface area contributed by atoms with E-state index in [4.69, 9.17) is 20.8 Å². The first kappa shape index (κ1) is 12.3. The van der Waals surface area contributed by atoms with Crippen molar-refractivity contribution in [3.05, 3.63) is 23.4 Å². The average molecular weight is 225 g/mol. The van der Waals surface area contributed by atoms with Gasteiger partial charge in [0.05, 0.1) is 12.2 Å². The molecule has 1 rings (SSSR count). The maximum atomic E-state index is 8.63. The van der Waals surface area contributed by atoms with Gasteiger partial charge in [0.15, 0.2) is 5.84 Å². The molecule has 6 nitrogen and oxygen atoms in total. The van der Waals surface area contributed by atoms with Gasteiger partial charge >= 0.3 is 0 Å². The second kappa shape index (κ2) is 5.92. The van der Waals surface area contributed by atoms with Gasteiger partial charge in [-0.15, -0.1) is 0 Å². The van der Waals surface area contributed by atoms with Gasteiger partial charge in [-0.1, -0.05) is 5.16 Å². The standard InChI is InChI=1S/C10H15N3O3/c1-7-3-4-8(9(11)13-15)10(12-7)16-6-2-5-14/h3-4,14-15H,2,5-6H2,1H3,(H2,11,13). The summed E-state index contributed by atoms with van der Waals surface area (Å²) in [6.07, 6.45) is 0.505. The number of rotatable bonds is 5. The van der Waals surface area contributed by atoms with Crippen LogP contribution < -0.4 is 10.5 Å². The van der Waals surface area contributed by atoms with Gasteiger partial charge in [-0.25, -0.2) is 4.98 Å². The van der Waals surface area contributed by atoms with E-state index in [1.165, 1.54) is 0 Å². The van der Waals surface area contributed by atoms with E-state index in [-0.39, 0.29) is 12.4 Å². The molecule has 0 radical (unpaired) electrons. The summed E-state index contributed by atoms with van der Waals surface area (Å²) in [4.78, 5) is 4.14. The van der Waals surface area contributed by atoms with Crippen LogP contribution in [-0.2, 0) is 0 Å². The molecule has 1 aromatic rings. The number of amidine groups is 1. The molecule has 0 fully saturated rings. The van der Waals surface area contributed by atoms with E-state index >= 15 is 0 Å². The van der Waals surface area contributed by atoms with Gasteiger partial charge in [0, 0.05) is 18.7 Å². The molecule has 6 heteroatoms. The van der Waals surface area contributed by atoms with Crippen molar-refractivity contribution in [1.29, 1.82) is 0 Å². The summed E-state index contributed by atoms with van der Waals surface area (Å²) in [5.74, 6) is 0.259. The normalized spacial score (nSPS) is 11.5. The first-order valence-electron chi connectivity index (χ1n) is 4.88. The molecule has 16 heavy (non-hydrogen) atoms. The molecule has 0 aliphatic heterocycles. The molecule has 0 spiro atoms. The maximum Gasteiger partial charge on any atom is 0.224 e. The highest BCUT2D eigenvalue weighted by Gasteiger charge is 2.10. The van der Waals surface area contributed by atoms with Crippen LogP contribution in [0.4, 0.5) is 0 Å². The Bertz CT molecular complexity index is 380. The Labute approximate surface area is 93.4 Å². The van der Waals surface area contributed by atoms with E-state index in [1.807, 2.05) is 6.92 Å². The average Bonchev–Trinajstić information content (AvgIpc) is 2.29. The number of aromatic nitrogens is 1. The fraction of sp³-hybridized carbons (Fsp3) is 0.400. The number of oxime groups is 1. The Morgan fingerprint density at radius 3 is 2.94 bits per heavy atom. The SMILES string of the molecule is Cc1ccc(C(N)=NO)c(OCCCO)n1. The summed E-state index contributed by atoms with van der Waals surface area (Å²) >= 11 is 0. The number of nitrogens with zero attached hydrogens (tertiary/aromatic N) is 2. The predicted molar refractivity (Wildman–Crippen MR) is 58.7 cm³/mol. The lowest BCUT2D eigenvalue weighted by Crippen LogP contribution is -2.16. The molecule has 0 aliphatic rings. The summed E-state index contributed by atoms with van der Waals surface area (Å²) in [5, 5.41) is 20.1. The molecule has 1 aromatic heterocycles. The minimum absolute atomic E-state index is 0.0463. The Morgan fingerprint density at radius 2 is 2.31 bits per heavy atom.